The number of likely N-dealkylation sites (N-methyl/N-ethyl adjacent to an activating group) is 1. The zero-order valence-corrected chi connectivity index (χ0v) is 19.6. The van der Waals surface area contributed by atoms with E-state index in [-0.39, 0.29) is 29.7 Å². The van der Waals surface area contributed by atoms with Gasteiger partial charge in [-0.05, 0) is 44.9 Å². The molecule has 1 aliphatic heterocycles. The monoisotopic (exact) mass is 506 g/mol. The van der Waals surface area contributed by atoms with Crippen molar-refractivity contribution in [2.24, 2.45) is 10.9 Å². The summed E-state index contributed by atoms with van der Waals surface area (Å²) in [7, 11) is 2.04. The smallest absolute Gasteiger partial charge is 0.345 e. The van der Waals surface area contributed by atoms with Gasteiger partial charge in [0.05, 0.1) is 6.61 Å². The van der Waals surface area contributed by atoms with Gasteiger partial charge < -0.3 is 15.0 Å². The van der Waals surface area contributed by atoms with Gasteiger partial charge in [0, 0.05) is 52.8 Å². The van der Waals surface area contributed by atoms with Crippen molar-refractivity contribution in [3.63, 3.8) is 0 Å². The summed E-state index contributed by atoms with van der Waals surface area (Å²) >= 11 is 0. The molecule has 1 fully saturated rings. The molecule has 8 nitrogen and oxygen atoms in total. The summed E-state index contributed by atoms with van der Waals surface area (Å²) in [4.78, 5) is 19.1. The molecule has 9 heteroatoms. The van der Waals surface area contributed by atoms with E-state index < -0.39 is 0 Å². The van der Waals surface area contributed by atoms with Crippen molar-refractivity contribution in [3.8, 4) is 0 Å². The fourth-order valence-electron chi connectivity index (χ4n) is 3.31. The van der Waals surface area contributed by atoms with Crippen molar-refractivity contribution in [1.29, 1.82) is 0 Å². The molecule has 28 heavy (non-hydrogen) atoms. The molecule has 0 aromatic carbocycles. The average Bonchev–Trinajstić information content (AvgIpc) is 3.45. The van der Waals surface area contributed by atoms with Crippen molar-refractivity contribution in [3.05, 3.63) is 16.3 Å². The fraction of sp³-hybridized carbons (Fsp3) is 0.842. The summed E-state index contributed by atoms with van der Waals surface area (Å²) < 4.78 is 9.16. The maximum atomic E-state index is 12.3. The van der Waals surface area contributed by atoms with E-state index >= 15 is 0 Å². The molecule has 1 N–H and O–H groups in total. The number of nitrogens with zero attached hydrogens (tertiary/aromatic N) is 5. The van der Waals surface area contributed by atoms with E-state index in [9.17, 15) is 4.79 Å². The lowest BCUT2D eigenvalue weighted by molar-refractivity contribution is 0.115. The Morgan fingerprint density at radius 2 is 2.21 bits per heavy atom. The van der Waals surface area contributed by atoms with Gasteiger partial charge in [0.25, 0.3) is 0 Å². The molecule has 0 saturated heterocycles. The summed E-state index contributed by atoms with van der Waals surface area (Å²) in [5.41, 5.74) is 0.0329. The van der Waals surface area contributed by atoms with E-state index in [0.29, 0.717) is 13.1 Å². The van der Waals surface area contributed by atoms with Crippen molar-refractivity contribution in [2.45, 2.75) is 58.5 Å². The lowest BCUT2D eigenvalue weighted by Gasteiger charge is -2.22. The van der Waals surface area contributed by atoms with Crippen LogP contribution in [0.2, 0.25) is 0 Å². The first-order chi connectivity index (χ1) is 13.2. The average molecular weight is 506 g/mol. The summed E-state index contributed by atoms with van der Waals surface area (Å²) in [5, 5.41) is 7.81. The van der Waals surface area contributed by atoms with Crippen molar-refractivity contribution >= 4 is 29.9 Å². The van der Waals surface area contributed by atoms with Gasteiger partial charge in [-0.25, -0.2) is 9.48 Å². The Labute approximate surface area is 184 Å². The van der Waals surface area contributed by atoms with Crippen LogP contribution in [-0.2, 0) is 24.2 Å². The fourth-order valence-corrected chi connectivity index (χ4v) is 3.31. The van der Waals surface area contributed by atoms with Gasteiger partial charge in [0.15, 0.2) is 5.96 Å². The molecular formula is C19H35IN6O2. The van der Waals surface area contributed by atoms with Gasteiger partial charge in [-0.15, -0.1) is 24.0 Å². The Morgan fingerprint density at radius 3 is 2.93 bits per heavy atom. The first-order valence-corrected chi connectivity index (χ1v) is 10.4. The summed E-state index contributed by atoms with van der Waals surface area (Å²) in [6.07, 6.45) is 6.57. The highest BCUT2D eigenvalue weighted by atomic mass is 127. The van der Waals surface area contributed by atoms with Crippen molar-refractivity contribution in [2.75, 3.05) is 39.9 Å². The summed E-state index contributed by atoms with van der Waals surface area (Å²) in [6, 6.07) is 0. The standard InChI is InChI=1S/C19H34N6O2.HI/c1-3-20-18(23(2)13-14-27-15-16-8-9-16)21-10-6-12-25-19(26)24-11-5-4-7-17(24)22-25;/h16H,3-15H2,1-2H3,(H,20,21);1H. The van der Waals surface area contributed by atoms with Crippen molar-refractivity contribution < 1.29 is 4.74 Å². The number of nitrogens with one attached hydrogen (secondary N) is 1. The number of aromatic nitrogens is 3. The Kier molecular flexibility index (Phi) is 9.76. The Bertz CT molecular complexity index is 682. The Balaban J connectivity index is 0.00000280. The van der Waals surface area contributed by atoms with E-state index in [4.69, 9.17) is 9.73 Å². The molecule has 2 aliphatic rings. The number of rotatable bonds is 10. The maximum absolute atomic E-state index is 12.3. The SMILES string of the molecule is CCNC(=NCCCn1nc2n(c1=O)CCCC2)N(C)CCOCC1CC1.I. The number of hydrogen-bond donors (Lipinski definition) is 1. The van der Waals surface area contributed by atoms with Crippen LogP contribution in [0.1, 0.15) is 44.9 Å². The van der Waals surface area contributed by atoms with Gasteiger partial charge in [-0.1, -0.05) is 0 Å². The Morgan fingerprint density at radius 1 is 1.39 bits per heavy atom. The summed E-state index contributed by atoms with van der Waals surface area (Å²) in [6.45, 7) is 7.45. The molecule has 0 atom stereocenters. The van der Waals surface area contributed by atoms with E-state index in [0.717, 1.165) is 76.2 Å². The number of guanidine groups is 1. The number of aryl methyl sites for hydroxylation is 2. The van der Waals surface area contributed by atoms with Crippen LogP contribution in [0.5, 0.6) is 0 Å². The second-order valence-electron chi connectivity index (χ2n) is 7.56. The first-order valence-electron chi connectivity index (χ1n) is 10.4. The minimum Gasteiger partial charge on any atom is -0.379 e. The van der Waals surface area contributed by atoms with Gasteiger partial charge in [-0.2, -0.15) is 5.10 Å². The van der Waals surface area contributed by atoms with Crippen LogP contribution >= 0.6 is 24.0 Å². The van der Waals surface area contributed by atoms with E-state index in [2.05, 4.69) is 22.2 Å². The molecule has 160 valence electrons. The number of aliphatic imine (C=N–C) groups is 1. The third-order valence-corrected chi connectivity index (χ3v) is 5.14. The number of halogens is 1. The van der Waals surface area contributed by atoms with Crippen LogP contribution in [0.15, 0.2) is 9.79 Å². The van der Waals surface area contributed by atoms with Crippen LogP contribution in [0.3, 0.4) is 0 Å². The molecular weight excluding hydrogens is 471 g/mol. The molecule has 0 radical (unpaired) electrons. The number of ether oxygens (including phenoxy) is 1. The highest BCUT2D eigenvalue weighted by Crippen LogP contribution is 2.28. The zero-order chi connectivity index (χ0) is 19.1. The van der Waals surface area contributed by atoms with Crippen LogP contribution in [0.25, 0.3) is 0 Å². The lowest BCUT2D eigenvalue weighted by atomic mass is 10.2. The molecule has 0 spiro atoms. The minimum absolute atomic E-state index is 0. The third-order valence-electron chi connectivity index (χ3n) is 5.14. The molecule has 1 aromatic rings. The third kappa shape index (κ3) is 6.75. The minimum atomic E-state index is 0. The maximum Gasteiger partial charge on any atom is 0.345 e. The normalized spacial score (nSPS) is 16.4. The summed E-state index contributed by atoms with van der Waals surface area (Å²) in [5.74, 6) is 2.63. The van der Waals surface area contributed by atoms with E-state index in [1.54, 1.807) is 4.68 Å². The number of hydrogen-bond acceptors (Lipinski definition) is 4. The highest BCUT2D eigenvalue weighted by Gasteiger charge is 2.21. The van der Waals surface area contributed by atoms with Crippen LogP contribution in [-0.4, -0.2) is 65.1 Å². The van der Waals surface area contributed by atoms with Crippen molar-refractivity contribution in [1.82, 2.24) is 24.6 Å². The van der Waals surface area contributed by atoms with Gasteiger partial charge in [0.2, 0.25) is 0 Å². The predicted molar refractivity (Wildman–Crippen MR) is 122 cm³/mol. The molecule has 0 unspecified atom stereocenters. The van der Waals surface area contributed by atoms with Crippen LogP contribution in [0.4, 0.5) is 0 Å². The molecule has 3 rings (SSSR count). The molecule has 1 aromatic heterocycles. The van der Waals surface area contributed by atoms with E-state index in [1.165, 1.54) is 12.8 Å². The molecule has 1 aliphatic carbocycles. The van der Waals surface area contributed by atoms with Crippen LogP contribution in [0, 0.1) is 5.92 Å². The number of fused-ring (bicyclic) bond motifs is 1. The quantitative estimate of drug-likeness (QED) is 0.226. The molecule has 1 saturated carbocycles. The second kappa shape index (κ2) is 11.8. The zero-order valence-electron chi connectivity index (χ0n) is 17.2. The molecule has 0 bridgehead atoms. The highest BCUT2D eigenvalue weighted by molar-refractivity contribution is 14.0. The van der Waals surface area contributed by atoms with Gasteiger partial charge in [0.1, 0.15) is 5.82 Å². The Hall–Kier alpha value is -1.10. The van der Waals surface area contributed by atoms with Crippen LogP contribution < -0.4 is 11.0 Å². The first kappa shape index (κ1) is 23.2. The van der Waals surface area contributed by atoms with Gasteiger partial charge >= 0.3 is 5.69 Å². The largest absolute Gasteiger partial charge is 0.379 e. The van der Waals surface area contributed by atoms with E-state index in [1.807, 2.05) is 11.6 Å². The molecule has 2 heterocycles. The van der Waals surface area contributed by atoms with Gasteiger partial charge in [-0.3, -0.25) is 9.56 Å². The topological polar surface area (TPSA) is 76.7 Å². The second-order valence-corrected chi connectivity index (χ2v) is 7.56. The molecule has 0 amide bonds. The predicted octanol–water partition coefficient (Wildman–Crippen LogP) is 1.71. The lowest BCUT2D eigenvalue weighted by Crippen LogP contribution is -2.40.